The molecular weight excluding hydrogens is 1590 g/mol. The van der Waals surface area contributed by atoms with Gasteiger partial charge < -0.3 is 104 Å². The van der Waals surface area contributed by atoms with Gasteiger partial charge in [0.1, 0.15) is 67.6 Å². The number of hydrogen-bond donors (Lipinski definition) is 16. The molecule has 0 radical (unpaired) electrons. The van der Waals surface area contributed by atoms with E-state index < -0.39 is 151 Å². The number of likely N-dealkylation sites (tertiary alicyclic amines) is 3. The second-order valence-corrected chi connectivity index (χ2v) is 33.0. The molecule has 1 unspecified atom stereocenters. The number of nitrogens with zero attached hydrogens (tertiary/aromatic N) is 4. The molecule has 0 bridgehead atoms. The summed E-state index contributed by atoms with van der Waals surface area (Å²) in [6, 6.07) is 29.0. The van der Waals surface area contributed by atoms with E-state index in [0.29, 0.717) is 29.7 Å². The second kappa shape index (κ2) is 40.2. The van der Waals surface area contributed by atoms with Gasteiger partial charge in [-0.3, -0.25) is 54.0 Å². The van der Waals surface area contributed by atoms with Crippen LogP contribution in [0.1, 0.15) is 134 Å². The van der Waals surface area contributed by atoms with E-state index in [-0.39, 0.29) is 146 Å². The largest absolute Gasteiger partial charge is 0.480 e. The molecule has 122 heavy (non-hydrogen) atoms. The first-order valence-corrected chi connectivity index (χ1v) is 42.5. The van der Waals surface area contributed by atoms with Crippen molar-refractivity contribution in [2.45, 2.75) is 181 Å². The van der Waals surface area contributed by atoms with Gasteiger partial charge in [0.05, 0.1) is 19.3 Å². The fraction of sp³-hybridized carbons (Fsp3) is 0.448. The molecule has 5 aromatic carbocycles. The zero-order valence-corrected chi connectivity index (χ0v) is 68.3. The summed E-state index contributed by atoms with van der Waals surface area (Å²) in [4.78, 5) is 179. The molecule has 646 valence electrons. The summed E-state index contributed by atoms with van der Waals surface area (Å²) in [6.07, 6.45) is 0.0920. The van der Waals surface area contributed by atoms with Gasteiger partial charge in [0.25, 0.3) is 0 Å². The van der Waals surface area contributed by atoms with Gasteiger partial charge in [-0.15, -0.1) is 11.3 Å². The molecule has 1 saturated carbocycles. The number of nitrogens with one attached hydrogen (secondary N) is 11. The van der Waals surface area contributed by atoms with Gasteiger partial charge in [0, 0.05) is 81.3 Å². The quantitative estimate of drug-likeness (QED) is 0.0157. The molecule has 3 aliphatic carbocycles. The highest BCUT2D eigenvalue weighted by Gasteiger charge is 2.53. The Labute approximate surface area is 708 Å². The Hall–Kier alpha value is -12.5. The third-order valence-corrected chi connectivity index (χ3v) is 25.1. The van der Waals surface area contributed by atoms with E-state index in [9.17, 15) is 53.7 Å². The van der Waals surface area contributed by atoms with Crippen LogP contribution in [-0.2, 0) is 76.8 Å². The fourth-order valence-corrected chi connectivity index (χ4v) is 19.1. The van der Waals surface area contributed by atoms with Crippen LogP contribution >= 0.6 is 11.3 Å². The van der Waals surface area contributed by atoms with E-state index in [1.54, 1.807) is 35.7 Å². The Bertz CT molecular complexity index is 4810. The highest BCUT2D eigenvalue weighted by Crippen LogP contribution is 2.47. The number of ether oxygens (including phenoxy) is 2. The second-order valence-electron chi connectivity index (χ2n) is 32.0. The molecule has 0 spiro atoms. The highest BCUT2D eigenvalue weighted by molar-refractivity contribution is 7.09. The fourth-order valence-electron chi connectivity index (χ4n) is 18.3. The number of aliphatic hydroxyl groups excluding tert-OH is 2. The molecule has 7 aliphatic rings. The third kappa shape index (κ3) is 20.6. The van der Waals surface area contributed by atoms with Gasteiger partial charge in [-0.05, 0) is 137 Å². The molecule has 34 nitrogen and oxygen atoms in total. The van der Waals surface area contributed by atoms with Crippen LogP contribution < -0.4 is 59.3 Å². The average molecular weight is 1690 g/mol. The Balaban J connectivity index is 0.659. The number of β-amino-alcohol motifs (C(OH)–C–C–N with tert-alkyl or cyclic N) is 1. The van der Waals surface area contributed by atoms with Crippen LogP contribution in [-0.4, -0.2) is 244 Å². The number of fused-ring (bicyclic) bond motifs is 8. The van der Waals surface area contributed by atoms with Crippen LogP contribution in [0.4, 0.5) is 9.59 Å². The molecule has 5 heterocycles. The summed E-state index contributed by atoms with van der Waals surface area (Å²) in [5, 5.41) is 73.4. The number of carbonyl (C=O) groups excluding carboxylic acids is 11. The number of guanidine groups is 2. The Morgan fingerprint density at radius 1 is 0.508 bits per heavy atom. The van der Waals surface area contributed by atoms with Gasteiger partial charge in [-0.2, -0.15) is 0 Å². The lowest BCUT2D eigenvalue weighted by Gasteiger charge is -2.42. The summed E-state index contributed by atoms with van der Waals surface area (Å²) in [7, 11) is 0. The first kappa shape index (κ1) is 87.3. The Morgan fingerprint density at radius 3 is 1.67 bits per heavy atom. The topological polar surface area (TPSA) is 505 Å². The zero-order valence-electron chi connectivity index (χ0n) is 67.4. The number of aliphatic hydroxyl groups is 2. The van der Waals surface area contributed by atoms with E-state index >= 15 is 19.2 Å². The minimum atomic E-state index is -1.70. The summed E-state index contributed by atoms with van der Waals surface area (Å²) in [5.41, 5.74) is 20.4. The predicted molar refractivity (Wildman–Crippen MR) is 448 cm³/mol. The Morgan fingerprint density at radius 2 is 1.07 bits per heavy atom. The molecule has 6 aromatic rings. The maximum Gasteiger partial charge on any atom is 0.407 e. The molecule has 4 fully saturated rings. The number of aliphatic carboxylic acids is 1. The van der Waals surface area contributed by atoms with Crippen molar-refractivity contribution in [1.29, 1.82) is 10.8 Å². The smallest absolute Gasteiger partial charge is 0.407 e. The number of carboxylic acids is 1. The van der Waals surface area contributed by atoms with Crippen LogP contribution in [0.5, 0.6) is 0 Å². The SMILES string of the molecule is N=C(N)NCCC[C@H](NC(=O)[C@@H]1C[C@@H]2CCCC[C@@H]2N1C(=O)C1Cc2ccccc2CN1C(=O)[C@H](CO)NC(=O)[C@H](Cc1cccs1)NC(=O)CNC(=O)[C@@H]1C[C@@H](O)CN1C(=O)[C@@H]1CCCN1C(=O)[C@H](CCCNC(=N)N)NC(=O)[C@H](CCNC(=O)OCC1c2ccccc2-c2ccccc21)NC(=O)OCC1c2ccccc2-c2ccccc21)C(=O)O. The van der Waals surface area contributed by atoms with E-state index in [0.717, 1.165) is 67.8 Å². The van der Waals surface area contributed by atoms with Gasteiger partial charge in [-0.25, -0.2) is 14.4 Å². The van der Waals surface area contributed by atoms with Crippen LogP contribution in [0.15, 0.2) is 139 Å². The molecule has 35 heteroatoms. The van der Waals surface area contributed by atoms with Gasteiger partial charge >= 0.3 is 18.2 Å². The zero-order chi connectivity index (χ0) is 86.3. The van der Waals surface area contributed by atoms with Crippen molar-refractivity contribution in [3.8, 4) is 22.3 Å². The number of alkyl carbamates (subject to hydrolysis) is 2. The lowest BCUT2D eigenvalue weighted by molar-refractivity contribution is -0.153. The first-order valence-electron chi connectivity index (χ1n) is 41.6. The molecule has 11 amide bonds. The van der Waals surface area contributed by atoms with Crippen molar-refractivity contribution < 1.29 is 82.3 Å². The molecule has 13 rings (SSSR count). The maximum absolute atomic E-state index is 15.5. The molecule has 4 aliphatic heterocycles. The van der Waals surface area contributed by atoms with Crippen molar-refractivity contribution in [2.75, 3.05) is 59.1 Å². The number of benzene rings is 5. The summed E-state index contributed by atoms with van der Waals surface area (Å²) in [5.74, 6) is -9.76. The van der Waals surface area contributed by atoms with Crippen LogP contribution in [0.3, 0.4) is 0 Å². The highest BCUT2D eigenvalue weighted by atomic mass is 32.1. The standard InChI is InChI=1S/C87H105N17O17S/c88-84(89)92-34-13-29-65(97-75(108)64(100-87(119)121-48-63-60-27-10-6-23-56(60)57-24-7-11-28-61(57)63)33-36-94-86(118)120-47-62-58-25-8-4-21-54(58)55-22-5-9-26-59(55)62)79(112)101-37-15-32-70(101)81(114)103-45-52(106)41-71(103)77(110)95-43-74(107)96-67(42-53-20-16-38-122-53)76(109)99-68(46-105)80(113)102-44-51-19-2-1-17-49(51)39-73(102)82(115)104-69-31-12-3-18-50(69)40-72(104)78(111)98-66(83(116)117)30-14-35-93-85(90)91/h1-2,4-11,16-17,19-28,38,50,52,62-73,105-106H,3,12-15,18,29-37,39-48H2,(H,94,118)(H,95,110)(H,96,107)(H,97,108)(H,98,111)(H,99,109)(H,100,119)(H,116,117)(H4,88,89,92)(H4,90,91,93)/t50-,52+,64-,65-,66-,67-,68-,69-,70-,71-,72-,73?/m0/s1. The van der Waals surface area contributed by atoms with Gasteiger partial charge in [-0.1, -0.05) is 140 Å². The lowest BCUT2D eigenvalue weighted by Crippen LogP contribution is -2.63. The van der Waals surface area contributed by atoms with Crippen LogP contribution in [0.2, 0.25) is 0 Å². The minimum Gasteiger partial charge on any atom is -0.480 e. The first-order chi connectivity index (χ1) is 58.9. The van der Waals surface area contributed by atoms with Crippen LogP contribution in [0.25, 0.3) is 22.3 Å². The molecule has 3 saturated heterocycles. The number of carbonyl (C=O) groups is 12. The summed E-state index contributed by atoms with van der Waals surface area (Å²) < 4.78 is 11.7. The summed E-state index contributed by atoms with van der Waals surface area (Å²) in [6.45, 7) is -2.30. The van der Waals surface area contributed by atoms with Crippen LogP contribution in [0, 0.1) is 16.7 Å². The number of rotatable bonds is 34. The van der Waals surface area contributed by atoms with E-state index in [1.165, 1.54) is 26.0 Å². The van der Waals surface area contributed by atoms with Crippen molar-refractivity contribution in [1.82, 2.24) is 67.5 Å². The molecule has 18 N–H and O–H groups in total. The number of carboxylic acid groups (broad SMARTS) is 1. The number of thiophene rings is 1. The van der Waals surface area contributed by atoms with Crippen molar-refractivity contribution >= 4 is 94.6 Å². The number of hydrogen-bond acceptors (Lipinski definition) is 19. The summed E-state index contributed by atoms with van der Waals surface area (Å²) >= 11 is 1.26. The number of nitrogens with two attached hydrogens (primary N) is 2. The molecule has 12 atom stereocenters. The van der Waals surface area contributed by atoms with Crippen molar-refractivity contribution in [3.05, 3.63) is 177 Å². The Kier molecular flexibility index (Phi) is 28.8. The van der Waals surface area contributed by atoms with Crippen molar-refractivity contribution in [2.24, 2.45) is 17.4 Å². The van der Waals surface area contributed by atoms with Gasteiger partial charge in [0.15, 0.2) is 11.9 Å². The maximum atomic E-state index is 15.5. The normalized spacial score (nSPS) is 20.4. The lowest BCUT2D eigenvalue weighted by atomic mass is 9.84. The number of amides is 11. The third-order valence-electron chi connectivity index (χ3n) is 24.2. The van der Waals surface area contributed by atoms with E-state index in [1.807, 2.05) is 103 Å². The monoisotopic (exact) mass is 1690 g/mol. The van der Waals surface area contributed by atoms with E-state index in [2.05, 4.69) is 47.9 Å². The van der Waals surface area contributed by atoms with Gasteiger partial charge in [0.2, 0.25) is 53.2 Å². The minimum absolute atomic E-state index is 0.00518. The van der Waals surface area contributed by atoms with Crippen molar-refractivity contribution in [3.63, 3.8) is 0 Å². The predicted octanol–water partition coefficient (Wildman–Crippen LogP) is 2.85. The molecular formula is C87H105N17O17S. The van der Waals surface area contributed by atoms with E-state index in [4.69, 9.17) is 31.8 Å². The molecule has 1 aromatic heterocycles. The average Bonchev–Trinajstić information content (AvgIpc) is 1.46.